The summed E-state index contributed by atoms with van der Waals surface area (Å²) in [4.78, 5) is 4.96. The number of thiophene rings is 1. The minimum absolute atomic E-state index is 0. The van der Waals surface area contributed by atoms with Crippen molar-refractivity contribution in [3.63, 3.8) is 0 Å². The second-order valence-electron chi connectivity index (χ2n) is 9.04. The van der Waals surface area contributed by atoms with Crippen molar-refractivity contribution in [1.29, 1.82) is 0 Å². The molecule has 1 aliphatic rings. The van der Waals surface area contributed by atoms with Gasteiger partial charge in [-0.15, -0.1) is 23.7 Å². The Hall–Kier alpha value is -2.73. The molecule has 2 heterocycles. The highest BCUT2D eigenvalue weighted by Gasteiger charge is 2.16. The van der Waals surface area contributed by atoms with E-state index < -0.39 is 0 Å². The smallest absolute Gasteiger partial charge is 0.143 e. The molecule has 0 atom stereocenters. The summed E-state index contributed by atoms with van der Waals surface area (Å²) in [5, 5.41) is 11.9. The molecule has 0 bridgehead atoms. The van der Waals surface area contributed by atoms with Gasteiger partial charge in [0, 0.05) is 27.2 Å². The van der Waals surface area contributed by atoms with Gasteiger partial charge in [-0.1, -0.05) is 12.5 Å². The van der Waals surface area contributed by atoms with E-state index in [0.717, 1.165) is 40.1 Å². The number of piperidine rings is 1. The second-order valence-corrected chi connectivity index (χ2v) is 10.3. The van der Waals surface area contributed by atoms with Crippen molar-refractivity contribution in [1.82, 2.24) is 4.90 Å². The zero-order valence-electron chi connectivity index (χ0n) is 20.3. The van der Waals surface area contributed by atoms with E-state index in [1.165, 1.54) is 47.7 Å². The Bertz CT molecular complexity index is 1280. The van der Waals surface area contributed by atoms with Gasteiger partial charge in [-0.3, -0.25) is 4.90 Å². The minimum Gasteiger partial charge on any atom is -0.508 e. The Morgan fingerprint density at radius 3 is 2.34 bits per heavy atom. The number of phenols is 1. The molecule has 5 rings (SSSR count). The molecule has 6 heteroatoms. The van der Waals surface area contributed by atoms with Gasteiger partial charge in [0.05, 0.1) is 0 Å². The fourth-order valence-electron chi connectivity index (χ4n) is 4.68. The number of halogens is 1. The predicted octanol–water partition coefficient (Wildman–Crippen LogP) is 7.97. The third-order valence-corrected chi connectivity index (χ3v) is 7.59. The van der Waals surface area contributed by atoms with Crippen molar-refractivity contribution in [3.05, 3.63) is 71.1 Å². The first kappa shape index (κ1) is 25.4. The number of fused-ring (bicyclic) bond motifs is 1. The summed E-state index contributed by atoms with van der Waals surface area (Å²) in [6.45, 7) is 8.32. The van der Waals surface area contributed by atoms with Gasteiger partial charge in [0.25, 0.3) is 0 Å². The monoisotopic (exact) mass is 509 g/mol. The molecule has 4 aromatic rings. The van der Waals surface area contributed by atoms with Crippen molar-refractivity contribution in [3.8, 4) is 33.4 Å². The Kier molecular flexibility index (Phi) is 8.22. The summed E-state index contributed by atoms with van der Waals surface area (Å²) in [6, 6.07) is 19.6. The highest BCUT2D eigenvalue weighted by molar-refractivity contribution is 7.15. The Labute approximate surface area is 217 Å². The van der Waals surface area contributed by atoms with E-state index >= 15 is 0 Å². The molecule has 0 unspecified atom stereocenters. The van der Waals surface area contributed by atoms with Crippen molar-refractivity contribution in [2.45, 2.75) is 33.1 Å². The van der Waals surface area contributed by atoms with Gasteiger partial charge in [0.1, 0.15) is 29.6 Å². The van der Waals surface area contributed by atoms with Crippen LogP contribution < -0.4 is 9.47 Å². The highest BCUT2D eigenvalue weighted by atomic mass is 35.5. The lowest BCUT2D eigenvalue weighted by Gasteiger charge is -2.26. The molecule has 0 saturated carbocycles. The molecule has 1 aliphatic heterocycles. The molecule has 1 fully saturated rings. The Balaban J connectivity index is 0.00000289. The van der Waals surface area contributed by atoms with Crippen molar-refractivity contribution >= 4 is 34.5 Å². The largest absolute Gasteiger partial charge is 0.508 e. The molecule has 35 heavy (non-hydrogen) atoms. The molecule has 0 spiro atoms. The van der Waals surface area contributed by atoms with Crippen LogP contribution in [0.5, 0.6) is 23.0 Å². The van der Waals surface area contributed by atoms with Crippen LogP contribution in [-0.2, 0) is 0 Å². The molecular weight excluding hydrogens is 478 g/mol. The van der Waals surface area contributed by atoms with Gasteiger partial charge < -0.3 is 14.6 Å². The van der Waals surface area contributed by atoms with Gasteiger partial charge in [0.15, 0.2) is 0 Å². The van der Waals surface area contributed by atoms with Crippen LogP contribution in [0.2, 0.25) is 0 Å². The number of ether oxygens (including phenoxy) is 2. The maximum atomic E-state index is 9.97. The quantitative estimate of drug-likeness (QED) is 0.274. The van der Waals surface area contributed by atoms with E-state index in [1.807, 2.05) is 36.4 Å². The maximum Gasteiger partial charge on any atom is 0.143 e. The van der Waals surface area contributed by atoms with E-state index in [0.29, 0.717) is 6.61 Å². The molecule has 0 radical (unpaired) electrons. The van der Waals surface area contributed by atoms with Crippen molar-refractivity contribution in [2.24, 2.45) is 0 Å². The molecule has 1 aromatic heterocycles. The second kappa shape index (κ2) is 11.3. The summed E-state index contributed by atoms with van der Waals surface area (Å²) in [7, 11) is 0. The maximum absolute atomic E-state index is 9.97. The van der Waals surface area contributed by atoms with E-state index in [4.69, 9.17) is 9.47 Å². The van der Waals surface area contributed by atoms with Crippen LogP contribution >= 0.6 is 23.7 Å². The van der Waals surface area contributed by atoms with Crippen LogP contribution in [0.1, 0.15) is 29.7 Å². The summed E-state index contributed by atoms with van der Waals surface area (Å²) in [5.74, 6) is 2.68. The van der Waals surface area contributed by atoms with Gasteiger partial charge >= 0.3 is 0 Å². The van der Waals surface area contributed by atoms with E-state index in [9.17, 15) is 5.11 Å². The van der Waals surface area contributed by atoms with Crippen LogP contribution in [-0.4, -0.2) is 36.2 Å². The number of phenolic OH excluding ortho intramolecular Hbond substituents is 1. The molecule has 3 aromatic carbocycles. The number of hydrogen-bond donors (Lipinski definition) is 1. The summed E-state index contributed by atoms with van der Waals surface area (Å²) < 4.78 is 12.5. The average molecular weight is 510 g/mol. The molecule has 0 aliphatic carbocycles. The highest BCUT2D eigenvalue weighted by Crippen LogP contribution is 2.44. The Morgan fingerprint density at radius 2 is 1.63 bits per heavy atom. The van der Waals surface area contributed by atoms with Gasteiger partial charge in [-0.25, -0.2) is 0 Å². The van der Waals surface area contributed by atoms with Gasteiger partial charge in [0.2, 0.25) is 0 Å². The molecular formula is C29H32ClNO3S. The fraction of sp³-hybridized carbons (Fsp3) is 0.310. The van der Waals surface area contributed by atoms with E-state index in [1.54, 1.807) is 23.5 Å². The van der Waals surface area contributed by atoms with Crippen LogP contribution in [0, 0.1) is 13.8 Å². The summed E-state index contributed by atoms with van der Waals surface area (Å²) in [5.41, 5.74) is 2.30. The summed E-state index contributed by atoms with van der Waals surface area (Å²) in [6.07, 6.45) is 3.95. The first-order valence-corrected chi connectivity index (χ1v) is 12.8. The summed E-state index contributed by atoms with van der Waals surface area (Å²) >= 11 is 1.77. The van der Waals surface area contributed by atoms with Crippen LogP contribution in [0.25, 0.3) is 21.2 Å². The number of rotatable bonds is 7. The zero-order valence-corrected chi connectivity index (χ0v) is 21.9. The van der Waals surface area contributed by atoms with E-state index in [-0.39, 0.29) is 18.2 Å². The van der Waals surface area contributed by atoms with Crippen LogP contribution in [0.4, 0.5) is 0 Å². The normalized spacial score (nSPS) is 14.0. The third-order valence-electron chi connectivity index (χ3n) is 6.41. The lowest BCUT2D eigenvalue weighted by Crippen LogP contribution is -2.33. The number of benzene rings is 3. The fourth-order valence-corrected chi connectivity index (χ4v) is 5.73. The SMILES string of the molecule is Cc1cc(C)c(-c2ccc3cc(O)ccc3c2Oc2ccc(OCCN3CCCCC3)cc2)s1.Cl. The average Bonchev–Trinajstić information content (AvgIpc) is 3.18. The third kappa shape index (κ3) is 5.92. The van der Waals surface area contributed by atoms with E-state index in [2.05, 4.69) is 30.9 Å². The number of aromatic hydroxyl groups is 1. The van der Waals surface area contributed by atoms with Gasteiger partial charge in [-0.05, 0) is 105 Å². The van der Waals surface area contributed by atoms with Crippen molar-refractivity contribution < 1.29 is 14.6 Å². The number of aryl methyl sites for hydroxylation is 2. The number of likely N-dealkylation sites (tertiary alicyclic amines) is 1. The molecule has 4 nitrogen and oxygen atoms in total. The Morgan fingerprint density at radius 1 is 0.886 bits per heavy atom. The zero-order chi connectivity index (χ0) is 23.5. The predicted molar refractivity (Wildman–Crippen MR) is 148 cm³/mol. The standard InChI is InChI=1S/C29H31NO3S.ClH/c1-20-18-21(2)34-29(20)27-12-6-22-19-23(31)7-13-26(22)28(27)33-25-10-8-24(9-11-25)32-17-16-30-14-4-3-5-15-30;/h6-13,18-19,31H,3-5,14-17H2,1-2H3;1H. The number of hydrogen-bond acceptors (Lipinski definition) is 5. The van der Waals surface area contributed by atoms with Gasteiger partial charge in [-0.2, -0.15) is 0 Å². The van der Waals surface area contributed by atoms with Crippen LogP contribution in [0.15, 0.2) is 60.7 Å². The topological polar surface area (TPSA) is 41.9 Å². The van der Waals surface area contributed by atoms with Crippen LogP contribution in [0.3, 0.4) is 0 Å². The molecule has 1 N–H and O–H groups in total. The molecule has 1 saturated heterocycles. The first-order valence-electron chi connectivity index (χ1n) is 12.0. The molecule has 0 amide bonds. The lowest BCUT2D eigenvalue weighted by molar-refractivity contribution is 0.183. The number of nitrogens with zero attached hydrogens (tertiary/aromatic N) is 1. The lowest BCUT2D eigenvalue weighted by atomic mass is 10.0. The van der Waals surface area contributed by atoms with Crippen molar-refractivity contribution in [2.75, 3.05) is 26.2 Å². The minimum atomic E-state index is 0. The first-order chi connectivity index (χ1) is 16.6. The molecule has 184 valence electrons.